The number of nitrogens with one attached hydrogen (secondary N) is 1. The van der Waals surface area contributed by atoms with Crippen LogP contribution < -0.4 is 0 Å². The fourth-order valence-electron chi connectivity index (χ4n) is 4.18. The maximum absolute atomic E-state index is 13.4. The maximum atomic E-state index is 13.4. The second-order valence-corrected chi connectivity index (χ2v) is 9.99. The highest BCUT2D eigenvalue weighted by atomic mass is 32.2. The molecule has 6 nitrogen and oxygen atoms in total. The standard InChI is InChI=1S/C24H29N3O3S/c28-24(26-15-8-1-2-9-16-26)19-27(31(29,30)21-10-4-3-5-11-21)17-14-20-18-25-23-13-7-6-12-22(20)23/h3-7,10-13,18,25H,1-2,8-9,14-17,19H2. The molecule has 31 heavy (non-hydrogen) atoms. The fourth-order valence-corrected chi connectivity index (χ4v) is 5.59. The predicted molar refractivity (Wildman–Crippen MR) is 122 cm³/mol. The first-order chi connectivity index (χ1) is 15.1. The Kier molecular flexibility index (Phi) is 6.73. The van der Waals surface area contributed by atoms with Crippen LogP contribution in [-0.4, -0.2) is 54.7 Å². The number of carbonyl (C=O) groups excluding carboxylic acids is 1. The molecule has 164 valence electrons. The molecule has 0 unspecified atom stereocenters. The summed E-state index contributed by atoms with van der Waals surface area (Å²) in [5, 5.41) is 1.08. The Morgan fingerprint density at radius 1 is 0.935 bits per heavy atom. The molecule has 2 heterocycles. The van der Waals surface area contributed by atoms with Crippen molar-refractivity contribution >= 4 is 26.8 Å². The molecule has 1 amide bonds. The second-order valence-electron chi connectivity index (χ2n) is 8.06. The van der Waals surface area contributed by atoms with Crippen LogP contribution in [0, 0.1) is 0 Å². The van der Waals surface area contributed by atoms with Crippen LogP contribution in [0.15, 0.2) is 65.7 Å². The second kappa shape index (κ2) is 9.66. The van der Waals surface area contributed by atoms with Gasteiger partial charge in [0.15, 0.2) is 0 Å². The Balaban J connectivity index is 1.56. The van der Waals surface area contributed by atoms with Gasteiger partial charge in [0.1, 0.15) is 0 Å². The summed E-state index contributed by atoms with van der Waals surface area (Å²) in [5.74, 6) is -0.111. The highest BCUT2D eigenvalue weighted by Crippen LogP contribution is 2.21. The summed E-state index contributed by atoms with van der Waals surface area (Å²) >= 11 is 0. The van der Waals surface area contributed by atoms with E-state index in [1.807, 2.05) is 35.4 Å². The van der Waals surface area contributed by atoms with Gasteiger partial charge >= 0.3 is 0 Å². The van der Waals surface area contributed by atoms with E-state index in [0.717, 1.165) is 42.1 Å². The Morgan fingerprint density at radius 2 is 1.61 bits per heavy atom. The summed E-state index contributed by atoms with van der Waals surface area (Å²) in [4.78, 5) is 18.3. The number of fused-ring (bicyclic) bond motifs is 1. The summed E-state index contributed by atoms with van der Waals surface area (Å²) in [6.07, 6.45) is 6.66. The quantitative estimate of drug-likeness (QED) is 0.608. The number of hydrogen-bond acceptors (Lipinski definition) is 3. The number of rotatable bonds is 7. The van der Waals surface area contributed by atoms with Gasteiger partial charge in [-0.3, -0.25) is 4.79 Å². The van der Waals surface area contributed by atoms with Crippen molar-refractivity contribution in [1.29, 1.82) is 0 Å². The van der Waals surface area contributed by atoms with Crippen LogP contribution in [0.4, 0.5) is 0 Å². The van der Waals surface area contributed by atoms with Gasteiger partial charge in [-0.05, 0) is 43.0 Å². The van der Waals surface area contributed by atoms with Crippen molar-refractivity contribution < 1.29 is 13.2 Å². The van der Waals surface area contributed by atoms with Gasteiger partial charge < -0.3 is 9.88 Å². The van der Waals surface area contributed by atoms with Crippen LogP contribution in [0.25, 0.3) is 10.9 Å². The molecule has 1 aromatic heterocycles. The number of carbonyl (C=O) groups is 1. The third-order valence-electron chi connectivity index (χ3n) is 5.96. The number of amides is 1. The topological polar surface area (TPSA) is 73.5 Å². The van der Waals surface area contributed by atoms with Crippen molar-refractivity contribution in [1.82, 2.24) is 14.2 Å². The normalized spacial score (nSPS) is 15.3. The molecule has 1 fully saturated rings. The average molecular weight is 440 g/mol. The molecule has 0 bridgehead atoms. The minimum atomic E-state index is -3.77. The van der Waals surface area contributed by atoms with Crippen LogP contribution in [0.5, 0.6) is 0 Å². The van der Waals surface area contributed by atoms with Gasteiger partial charge in [0.05, 0.1) is 11.4 Å². The number of aromatic amines is 1. The molecule has 1 aliphatic heterocycles. The van der Waals surface area contributed by atoms with Crippen molar-refractivity contribution in [3.05, 3.63) is 66.4 Å². The Hall–Kier alpha value is -2.64. The SMILES string of the molecule is O=C(CN(CCc1c[nH]c2ccccc12)S(=O)(=O)c1ccccc1)N1CCCCCC1. The van der Waals surface area contributed by atoms with Gasteiger partial charge in [-0.2, -0.15) is 4.31 Å². The van der Waals surface area contributed by atoms with E-state index in [4.69, 9.17) is 0 Å². The summed E-state index contributed by atoms with van der Waals surface area (Å²) in [6.45, 7) is 1.54. The van der Waals surface area contributed by atoms with Crippen LogP contribution in [0.3, 0.4) is 0 Å². The lowest BCUT2D eigenvalue weighted by Gasteiger charge is -2.26. The number of benzene rings is 2. The van der Waals surface area contributed by atoms with E-state index in [1.165, 1.54) is 4.31 Å². The van der Waals surface area contributed by atoms with Gasteiger partial charge in [0.25, 0.3) is 0 Å². The maximum Gasteiger partial charge on any atom is 0.243 e. The van der Waals surface area contributed by atoms with Crippen molar-refractivity contribution in [3.8, 4) is 0 Å². The molecule has 1 saturated heterocycles. The number of nitrogens with zero attached hydrogens (tertiary/aromatic N) is 2. The molecule has 0 aliphatic carbocycles. The molecule has 4 rings (SSSR count). The highest BCUT2D eigenvalue weighted by Gasteiger charge is 2.28. The van der Waals surface area contributed by atoms with E-state index in [1.54, 1.807) is 30.3 Å². The van der Waals surface area contributed by atoms with E-state index in [0.29, 0.717) is 19.5 Å². The van der Waals surface area contributed by atoms with Gasteiger partial charge in [0.2, 0.25) is 15.9 Å². The van der Waals surface area contributed by atoms with E-state index in [9.17, 15) is 13.2 Å². The largest absolute Gasteiger partial charge is 0.361 e. The number of sulfonamides is 1. The van der Waals surface area contributed by atoms with Gasteiger partial charge in [0, 0.05) is 36.7 Å². The zero-order valence-electron chi connectivity index (χ0n) is 17.7. The Labute approximate surface area is 183 Å². The number of likely N-dealkylation sites (tertiary alicyclic amines) is 1. The van der Waals surface area contributed by atoms with Gasteiger partial charge in [-0.25, -0.2) is 8.42 Å². The molecule has 0 spiro atoms. The smallest absolute Gasteiger partial charge is 0.243 e. The first kappa shape index (κ1) is 21.6. The summed E-state index contributed by atoms with van der Waals surface area (Å²) in [5.41, 5.74) is 2.07. The first-order valence-corrected chi connectivity index (χ1v) is 12.4. The third-order valence-corrected chi connectivity index (χ3v) is 7.82. The monoisotopic (exact) mass is 439 g/mol. The predicted octanol–water partition coefficient (Wildman–Crippen LogP) is 3.80. The molecule has 0 radical (unpaired) electrons. The lowest BCUT2D eigenvalue weighted by Crippen LogP contribution is -2.44. The van der Waals surface area contributed by atoms with Crippen LogP contribution in [-0.2, 0) is 21.2 Å². The number of aromatic nitrogens is 1. The van der Waals surface area contributed by atoms with E-state index >= 15 is 0 Å². The number of para-hydroxylation sites is 1. The first-order valence-electron chi connectivity index (χ1n) is 10.9. The van der Waals surface area contributed by atoms with Crippen molar-refractivity contribution in [3.63, 3.8) is 0 Å². The molecule has 1 aliphatic rings. The molecule has 0 saturated carbocycles. The van der Waals surface area contributed by atoms with Crippen LogP contribution in [0.1, 0.15) is 31.2 Å². The molecule has 2 aromatic carbocycles. The Bertz CT molecular complexity index is 1120. The minimum absolute atomic E-state index is 0.111. The average Bonchev–Trinajstić information content (AvgIpc) is 3.00. The zero-order chi connectivity index (χ0) is 21.7. The molecular formula is C24H29N3O3S. The minimum Gasteiger partial charge on any atom is -0.361 e. The molecule has 1 N–H and O–H groups in total. The fraction of sp³-hybridized carbons (Fsp3) is 0.375. The summed E-state index contributed by atoms with van der Waals surface area (Å²) in [6, 6.07) is 16.4. The molecule has 0 atom stereocenters. The molecule has 7 heteroatoms. The third kappa shape index (κ3) is 4.99. The lowest BCUT2D eigenvalue weighted by atomic mass is 10.1. The summed E-state index contributed by atoms with van der Waals surface area (Å²) < 4.78 is 28.1. The lowest BCUT2D eigenvalue weighted by molar-refractivity contribution is -0.131. The van der Waals surface area contributed by atoms with E-state index in [-0.39, 0.29) is 23.9 Å². The Morgan fingerprint density at radius 3 is 2.35 bits per heavy atom. The highest BCUT2D eigenvalue weighted by molar-refractivity contribution is 7.89. The van der Waals surface area contributed by atoms with Gasteiger partial charge in [-0.1, -0.05) is 49.2 Å². The van der Waals surface area contributed by atoms with Crippen molar-refractivity contribution in [2.24, 2.45) is 0 Å². The summed E-state index contributed by atoms with van der Waals surface area (Å²) in [7, 11) is -3.77. The van der Waals surface area contributed by atoms with Crippen LogP contribution in [0.2, 0.25) is 0 Å². The zero-order valence-corrected chi connectivity index (χ0v) is 18.5. The number of hydrogen-bond donors (Lipinski definition) is 1. The van der Waals surface area contributed by atoms with E-state index < -0.39 is 10.0 Å². The molecular weight excluding hydrogens is 410 g/mol. The van der Waals surface area contributed by atoms with Crippen molar-refractivity contribution in [2.75, 3.05) is 26.2 Å². The van der Waals surface area contributed by atoms with E-state index in [2.05, 4.69) is 4.98 Å². The van der Waals surface area contributed by atoms with Crippen molar-refractivity contribution in [2.45, 2.75) is 37.0 Å². The van der Waals surface area contributed by atoms with Gasteiger partial charge in [-0.15, -0.1) is 0 Å². The number of H-pyrrole nitrogens is 1. The molecule has 3 aromatic rings. The van der Waals surface area contributed by atoms with Crippen LogP contribution >= 0.6 is 0 Å².